The van der Waals surface area contributed by atoms with Crippen LogP contribution >= 0.6 is 0 Å². The van der Waals surface area contributed by atoms with Gasteiger partial charge in [0.1, 0.15) is 11.3 Å². The average molecular weight is 272 g/mol. The summed E-state index contributed by atoms with van der Waals surface area (Å²) in [6, 6.07) is 3.98. The van der Waals surface area contributed by atoms with Crippen molar-refractivity contribution in [1.29, 1.82) is 0 Å². The number of ether oxygens (including phenoxy) is 1. The van der Waals surface area contributed by atoms with Gasteiger partial charge in [-0.1, -0.05) is 6.92 Å². The predicted octanol–water partition coefficient (Wildman–Crippen LogP) is 3.77. The molecule has 20 heavy (non-hydrogen) atoms. The molecule has 0 saturated heterocycles. The van der Waals surface area contributed by atoms with Gasteiger partial charge in [0.25, 0.3) is 0 Å². The molecule has 1 heterocycles. The van der Waals surface area contributed by atoms with Crippen LogP contribution in [0.5, 0.6) is 5.75 Å². The third-order valence-electron chi connectivity index (χ3n) is 3.89. The molecule has 1 aromatic carbocycles. The smallest absolute Gasteiger partial charge is 0.339 e. The van der Waals surface area contributed by atoms with Gasteiger partial charge in [-0.05, 0) is 62.3 Å². The number of hydrogen-bond acceptors (Lipinski definition) is 3. The van der Waals surface area contributed by atoms with E-state index in [2.05, 4.69) is 6.92 Å². The second-order valence-corrected chi connectivity index (χ2v) is 5.54. The van der Waals surface area contributed by atoms with Gasteiger partial charge < -0.3 is 9.15 Å². The van der Waals surface area contributed by atoms with Crippen LogP contribution in [0, 0.1) is 6.92 Å². The molecule has 0 fully saturated rings. The Balaban J connectivity index is 2.29. The van der Waals surface area contributed by atoms with E-state index < -0.39 is 0 Å². The zero-order valence-electron chi connectivity index (χ0n) is 12.1. The highest BCUT2D eigenvalue weighted by atomic mass is 16.5. The van der Waals surface area contributed by atoms with E-state index in [1.54, 1.807) is 0 Å². The van der Waals surface area contributed by atoms with Gasteiger partial charge >= 0.3 is 5.63 Å². The molecule has 0 saturated carbocycles. The van der Waals surface area contributed by atoms with Crippen LogP contribution in [0.2, 0.25) is 0 Å². The largest absolute Gasteiger partial charge is 0.493 e. The number of fused-ring (bicyclic) bond motifs is 3. The number of rotatable bonds is 3. The molecule has 0 spiro atoms. The summed E-state index contributed by atoms with van der Waals surface area (Å²) < 4.78 is 11.4. The fourth-order valence-corrected chi connectivity index (χ4v) is 2.99. The SMILES string of the molecule is CCCOc1cc(C)cc2oc(=O)c3c(c12)CCCC3. The summed E-state index contributed by atoms with van der Waals surface area (Å²) in [6.07, 6.45) is 4.94. The Morgan fingerprint density at radius 2 is 1.95 bits per heavy atom. The van der Waals surface area contributed by atoms with Gasteiger partial charge in [0, 0.05) is 5.56 Å². The Morgan fingerprint density at radius 3 is 2.70 bits per heavy atom. The van der Waals surface area contributed by atoms with Crippen molar-refractivity contribution in [2.75, 3.05) is 6.61 Å². The normalized spacial score (nSPS) is 14.3. The summed E-state index contributed by atoms with van der Waals surface area (Å²) in [5, 5.41) is 1.01. The lowest BCUT2D eigenvalue weighted by molar-refractivity contribution is 0.320. The van der Waals surface area contributed by atoms with Crippen LogP contribution in [0.1, 0.15) is 42.9 Å². The topological polar surface area (TPSA) is 39.4 Å². The van der Waals surface area contributed by atoms with Crippen LogP contribution in [-0.4, -0.2) is 6.61 Å². The average Bonchev–Trinajstić information content (AvgIpc) is 2.44. The van der Waals surface area contributed by atoms with Crippen molar-refractivity contribution < 1.29 is 9.15 Å². The van der Waals surface area contributed by atoms with Crippen molar-refractivity contribution in [2.24, 2.45) is 0 Å². The molecular weight excluding hydrogens is 252 g/mol. The van der Waals surface area contributed by atoms with Crippen LogP contribution in [0.25, 0.3) is 11.0 Å². The summed E-state index contributed by atoms with van der Waals surface area (Å²) in [4.78, 5) is 12.1. The summed E-state index contributed by atoms with van der Waals surface area (Å²) in [5.74, 6) is 0.865. The second kappa shape index (κ2) is 5.31. The Hall–Kier alpha value is -1.77. The van der Waals surface area contributed by atoms with Crippen LogP contribution in [0.3, 0.4) is 0 Å². The molecule has 3 rings (SSSR count). The van der Waals surface area contributed by atoms with Gasteiger partial charge in [-0.15, -0.1) is 0 Å². The molecule has 0 bridgehead atoms. The van der Waals surface area contributed by atoms with Crippen molar-refractivity contribution in [3.63, 3.8) is 0 Å². The van der Waals surface area contributed by atoms with Crippen LogP contribution in [-0.2, 0) is 12.8 Å². The molecule has 0 aliphatic heterocycles. The quantitative estimate of drug-likeness (QED) is 0.798. The third kappa shape index (κ3) is 2.21. The van der Waals surface area contributed by atoms with Gasteiger partial charge in [-0.3, -0.25) is 0 Å². The van der Waals surface area contributed by atoms with Crippen molar-refractivity contribution >= 4 is 11.0 Å². The molecule has 1 aliphatic carbocycles. The molecule has 2 aromatic rings. The molecule has 0 amide bonds. The van der Waals surface area contributed by atoms with E-state index in [0.29, 0.717) is 12.2 Å². The lowest BCUT2D eigenvalue weighted by Crippen LogP contribution is -2.16. The van der Waals surface area contributed by atoms with Crippen molar-refractivity contribution in [1.82, 2.24) is 0 Å². The highest BCUT2D eigenvalue weighted by Crippen LogP contribution is 2.34. The third-order valence-corrected chi connectivity index (χ3v) is 3.89. The zero-order valence-corrected chi connectivity index (χ0v) is 12.1. The van der Waals surface area contributed by atoms with E-state index >= 15 is 0 Å². The van der Waals surface area contributed by atoms with Crippen LogP contribution in [0.4, 0.5) is 0 Å². The van der Waals surface area contributed by atoms with Gasteiger partial charge in [-0.25, -0.2) is 4.79 Å². The Bertz CT molecular complexity index is 697. The van der Waals surface area contributed by atoms with E-state index in [1.807, 2.05) is 19.1 Å². The molecule has 3 heteroatoms. The van der Waals surface area contributed by atoms with E-state index in [1.165, 1.54) is 0 Å². The maximum atomic E-state index is 12.1. The lowest BCUT2D eigenvalue weighted by Gasteiger charge is -2.18. The maximum absolute atomic E-state index is 12.1. The summed E-state index contributed by atoms with van der Waals surface area (Å²) >= 11 is 0. The Kier molecular flexibility index (Phi) is 3.51. The lowest BCUT2D eigenvalue weighted by atomic mass is 9.90. The van der Waals surface area contributed by atoms with Crippen molar-refractivity contribution in [3.05, 3.63) is 39.2 Å². The van der Waals surface area contributed by atoms with E-state index in [0.717, 1.165) is 59.9 Å². The first-order valence-corrected chi connectivity index (χ1v) is 7.42. The highest BCUT2D eigenvalue weighted by Gasteiger charge is 2.20. The molecular formula is C17H20O3. The molecule has 3 nitrogen and oxygen atoms in total. The summed E-state index contributed by atoms with van der Waals surface area (Å²) in [6.45, 7) is 4.78. The van der Waals surface area contributed by atoms with Gasteiger partial charge in [0.2, 0.25) is 0 Å². The fourth-order valence-electron chi connectivity index (χ4n) is 2.99. The summed E-state index contributed by atoms with van der Waals surface area (Å²) in [7, 11) is 0. The molecule has 0 atom stereocenters. The van der Waals surface area contributed by atoms with Crippen molar-refractivity contribution in [3.8, 4) is 5.75 Å². The molecule has 106 valence electrons. The van der Waals surface area contributed by atoms with Crippen molar-refractivity contribution in [2.45, 2.75) is 46.0 Å². The predicted molar refractivity (Wildman–Crippen MR) is 79.6 cm³/mol. The number of benzene rings is 1. The minimum absolute atomic E-state index is 0.167. The summed E-state index contributed by atoms with van der Waals surface area (Å²) in [5.41, 5.74) is 3.56. The molecule has 1 aliphatic rings. The Labute approximate surface area is 118 Å². The van der Waals surface area contributed by atoms with Gasteiger partial charge in [-0.2, -0.15) is 0 Å². The van der Waals surface area contributed by atoms with Gasteiger partial charge in [0.05, 0.1) is 12.0 Å². The molecule has 0 unspecified atom stereocenters. The van der Waals surface area contributed by atoms with E-state index in [-0.39, 0.29) is 5.63 Å². The monoisotopic (exact) mass is 272 g/mol. The van der Waals surface area contributed by atoms with E-state index in [9.17, 15) is 4.79 Å². The molecule has 0 radical (unpaired) electrons. The second-order valence-electron chi connectivity index (χ2n) is 5.54. The van der Waals surface area contributed by atoms with E-state index in [4.69, 9.17) is 9.15 Å². The molecule has 0 N–H and O–H groups in total. The first kappa shape index (κ1) is 13.2. The Morgan fingerprint density at radius 1 is 1.20 bits per heavy atom. The fraction of sp³-hybridized carbons (Fsp3) is 0.471. The maximum Gasteiger partial charge on any atom is 0.339 e. The van der Waals surface area contributed by atoms with Crippen LogP contribution < -0.4 is 10.4 Å². The highest BCUT2D eigenvalue weighted by molar-refractivity contribution is 5.88. The number of aryl methyl sites for hydroxylation is 2. The first-order valence-electron chi connectivity index (χ1n) is 7.42. The van der Waals surface area contributed by atoms with Gasteiger partial charge in [0.15, 0.2) is 0 Å². The zero-order chi connectivity index (χ0) is 14.1. The standard InChI is InChI=1S/C17H20O3/c1-3-8-19-14-9-11(2)10-15-16(14)12-6-4-5-7-13(12)17(18)20-15/h9-10H,3-8H2,1-2H3. The minimum atomic E-state index is -0.167. The van der Waals surface area contributed by atoms with Crippen LogP contribution in [0.15, 0.2) is 21.3 Å². The molecule has 1 aromatic heterocycles. The first-order chi connectivity index (χ1) is 9.70. The minimum Gasteiger partial charge on any atom is -0.493 e. The number of hydrogen-bond donors (Lipinski definition) is 0.